The topological polar surface area (TPSA) is 44.8 Å². The summed E-state index contributed by atoms with van der Waals surface area (Å²) in [5.74, 6) is 1.68. The summed E-state index contributed by atoms with van der Waals surface area (Å²) in [7, 11) is 0. The molecule has 0 N–H and O–H groups in total. The van der Waals surface area contributed by atoms with Gasteiger partial charge in [-0.25, -0.2) is 0 Å². The molecule has 2 aromatic carbocycles. The zero-order valence-corrected chi connectivity index (χ0v) is 12.8. The van der Waals surface area contributed by atoms with E-state index in [9.17, 15) is 4.79 Å². The molecule has 4 nitrogen and oxygen atoms in total. The quantitative estimate of drug-likeness (QED) is 0.481. The average Bonchev–Trinajstić information content (AvgIpc) is 2.99. The molecule has 2 aliphatic rings. The van der Waals surface area contributed by atoms with E-state index in [0.717, 1.165) is 11.1 Å². The van der Waals surface area contributed by atoms with E-state index in [1.54, 1.807) is 17.8 Å². The van der Waals surface area contributed by atoms with Gasteiger partial charge in [-0.15, -0.1) is 11.8 Å². The SMILES string of the molecule is CSc1ccc(C2CC(=O)Oc3cc4c(cc32)OCO4)cc1. The van der Waals surface area contributed by atoms with E-state index < -0.39 is 0 Å². The summed E-state index contributed by atoms with van der Waals surface area (Å²) < 4.78 is 16.2. The van der Waals surface area contributed by atoms with Gasteiger partial charge in [0.1, 0.15) is 5.75 Å². The summed E-state index contributed by atoms with van der Waals surface area (Å²) in [6.07, 6.45) is 2.38. The summed E-state index contributed by atoms with van der Waals surface area (Å²) in [6, 6.07) is 12.0. The Kier molecular flexibility index (Phi) is 3.22. The highest BCUT2D eigenvalue weighted by Crippen LogP contribution is 2.46. The maximum atomic E-state index is 11.9. The summed E-state index contributed by atoms with van der Waals surface area (Å²) in [5, 5.41) is 0. The van der Waals surface area contributed by atoms with Crippen molar-refractivity contribution < 1.29 is 19.0 Å². The molecule has 112 valence electrons. The minimum Gasteiger partial charge on any atom is -0.454 e. The first-order chi connectivity index (χ1) is 10.7. The Hall–Kier alpha value is -2.14. The molecule has 0 saturated carbocycles. The van der Waals surface area contributed by atoms with Gasteiger partial charge >= 0.3 is 5.97 Å². The molecule has 0 aliphatic carbocycles. The monoisotopic (exact) mass is 314 g/mol. The van der Waals surface area contributed by atoms with Crippen LogP contribution in [0, 0.1) is 0 Å². The first-order valence-corrected chi connectivity index (χ1v) is 8.25. The van der Waals surface area contributed by atoms with Crippen LogP contribution >= 0.6 is 11.8 Å². The second-order valence-electron chi connectivity index (χ2n) is 5.25. The fraction of sp³-hybridized carbons (Fsp3) is 0.235. The zero-order chi connectivity index (χ0) is 15.1. The number of esters is 1. The van der Waals surface area contributed by atoms with Crippen molar-refractivity contribution in [2.45, 2.75) is 17.2 Å². The maximum absolute atomic E-state index is 11.9. The molecule has 0 saturated heterocycles. The molecule has 2 aromatic rings. The Labute approximate surface area is 132 Å². The van der Waals surface area contributed by atoms with E-state index in [2.05, 4.69) is 24.3 Å². The Balaban J connectivity index is 1.79. The number of fused-ring (bicyclic) bond motifs is 2. The number of carbonyl (C=O) groups is 1. The number of hydrogen-bond donors (Lipinski definition) is 0. The Bertz CT molecular complexity index is 739. The Morgan fingerprint density at radius 3 is 2.50 bits per heavy atom. The highest BCUT2D eigenvalue weighted by molar-refractivity contribution is 7.98. The normalized spacial score (nSPS) is 18.8. The third-order valence-corrected chi connectivity index (χ3v) is 4.74. The molecular weight excluding hydrogens is 300 g/mol. The van der Waals surface area contributed by atoms with Crippen molar-refractivity contribution in [2.24, 2.45) is 0 Å². The van der Waals surface area contributed by atoms with Crippen LogP contribution in [-0.4, -0.2) is 19.0 Å². The van der Waals surface area contributed by atoms with Gasteiger partial charge in [-0.2, -0.15) is 0 Å². The molecule has 0 fully saturated rings. The first-order valence-electron chi connectivity index (χ1n) is 7.03. The Morgan fingerprint density at radius 1 is 1.05 bits per heavy atom. The van der Waals surface area contributed by atoms with E-state index in [4.69, 9.17) is 14.2 Å². The highest BCUT2D eigenvalue weighted by atomic mass is 32.2. The van der Waals surface area contributed by atoms with Gasteiger partial charge in [0.2, 0.25) is 6.79 Å². The molecule has 1 atom stereocenters. The van der Waals surface area contributed by atoms with Crippen molar-refractivity contribution in [3.63, 3.8) is 0 Å². The molecule has 0 amide bonds. The molecule has 0 bridgehead atoms. The standard InChI is InChI=1S/C17H14O4S/c1-22-11-4-2-10(3-5-11)12-7-17(18)21-14-8-16-15(6-13(12)14)19-9-20-16/h2-6,8,12H,7,9H2,1H3. The summed E-state index contributed by atoms with van der Waals surface area (Å²) >= 11 is 1.70. The van der Waals surface area contributed by atoms with Crippen molar-refractivity contribution in [1.29, 1.82) is 0 Å². The smallest absolute Gasteiger partial charge is 0.312 e. The summed E-state index contributed by atoms with van der Waals surface area (Å²) in [6.45, 7) is 0.208. The molecule has 2 aliphatic heterocycles. The van der Waals surface area contributed by atoms with Crippen LogP contribution < -0.4 is 14.2 Å². The van der Waals surface area contributed by atoms with E-state index in [-0.39, 0.29) is 18.7 Å². The number of rotatable bonds is 2. The minimum atomic E-state index is -0.217. The van der Waals surface area contributed by atoms with Crippen LogP contribution in [0.4, 0.5) is 0 Å². The molecule has 0 aromatic heterocycles. The predicted molar refractivity (Wildman–Crippen MR) is 82.9 cm³/mol. The number of hydrogen-bond acceptors (Lipinski definition) is 5. The fourth-order valence-corrected chi connectivity index (χ4v) is 3.28. The van der Waals surface area contributed by atoms with Gasteiger partial charge in [0.15, 0.2) is 11.5 Å². The third-order valence-electron chi connectivity index (χ3n) is 3.99. The van der Waals surface area contributed by atoms with Crippen LogP contribution in [0.1, 0.15) is 23.5 Å². The van der Waals surface area contributed by atoms with E-state index in [1.165, 1.54) is 4.90 Å². The molecule has 2 heterocycles. The predicted octanol–water partition coefficient (Wildman–Crippen LogP) is 3.58. The lowest BCUT2D eigenvalue weighted by atomic mass is 9.86. The molecule has 22 heavy (non-hydrogen) atoms. The van der Waals surface area contributed by atoms with Crippen LogP contribution in [-0.2, 0) is 4.79 Å². The molecule has 4 rings (SSSR count). The lowest BCUT2D eigenvalue weighted by molar-refractivity contribution is -0.135. The summed E-state index contributed by atoms with van der Waals surface area (Å²) in [4.78, 5) is 13.1. The van der Waals surface area contributed by atoms with E-state index in [1.807, 2.05) is 12.3 Å². The van der Waals surface area contributed by atoms with E-state index >= 15 is 0 Å². The van der Waals surface area contributed by atoms with Crippen molar-refractivity contribution in [3.8, 4) is 17.2 Å². The van der Waals surface area contributed by atoms with Gasteiger partial charge in [0.25, 0.3) is 0 Å². The van der Waals surface area contributed by atoms with Crippen LogP contribution in [0.2, 0.25) is 0 Å². The van der Waals surface area contributed by atoms with Crippen LogP contribution in [0.25, 0.3) is 0 Å². The third kappa shape index (κ3) is 2.22. The van der Waals surface area contributed by atoms with Crippen LogP contribution in [0.15, 0.2) is 41.3 Å². The van der Waals surface area contributed by atoms with Gasteiger partial charge in [0, 0.05) is 22.4 Å². The Morgan fingerprint density at radius 2 is 1.77 bits per heavy atom. The second-order valence-corrected chi connectivity index (χ2v) is 6.13. The van der Waals surface area contributed by atoms with Crippen molar-refractivity contribution in [3.05, 3.63) is 47.5 Å². The highest BCUT2D eigenvalue weighted by Gasteiger charge is 2.31. The van der Waals surface area contributed by atoms with Gasteiger partial charge < -0.3 is 14.2 Å². The van der Waals surface area contributed by atoms with Gasteiger partial charge in [0.05, 0.1) is 6.42 Å². The number of thioether (sulfide) groups is 1. The lowest BCUT2D eigenvalue weighted by Gasteiger charge is -2.25. The van der Waals surface area contributed by atoms with Gasteiger partial charge in [-0.3, -0.25) is 4.79 Å². The van der Waals surface area contributed by atoms with E-state index in [0.29, 0.717) is 23.7 Å². The van der Waals surface area contributed by atoms with Crippen LogP contribution in [0.5, 0.6) is 17.2 Å². The molecular formula is C17H14O4S. The van der Waals surface area contributed by atoms with Crippen LogP contribution in [0.3, 0.4) is 0 Å². The number of ether oxygens (including phenoxy) is 3. The average molecular weight is 314 g/mol. The maximum Gasteiger partial charge on any atom is 0.312 e. The zero-order valence-electron chi connectivity index (χ0n) is 12.0. The fourth-order valence-electron chi connectivity index (χ4n) is 2.87. The molecule has 0 spiro atoms. The summed E-state index contributed by atoms with van der Waals surface area (Å²) in [5.41, 5.74) is 2.08. The van der Waals surface area contributed by atoms with Crippen molar-refractivity contribution >= 4 is 17.7 Å². The molecule has 5 heteroatoms. The lowest BCUT2D eigenvalue weighted by Crippen LogP contribution is -2.20. The number of carbonyl (C=O) groups excluding carboxylic acids is 1. The number of benzene rings is 2. The van der Waals surface area contributed by atoms with Gasteiger partial charge in [-0.05, 0) is 30.0 Å². The second kappa shape index (κ2) is 5.25. The largest absolute Gasteiger partial charge is 0.454 e. The minimum absolute atomic E-state index is 0.0124. The molecule has 1 unspecified atom stereocenters. The molecule has 0 radical (unpaired) electrons. The first kappa shape index (κ1) is 13.5. The van der Waals surface area contributed by atoms with Gasteiger partial charge in [-0.1, -0.05) is 12.1 Å². The van der Waals surface area contributed by atoms with Crippen molar-refractivity contribution in [1.82, 2.24) is 0 Å². The van der Waals surface area contributed by atoms with Crippen molar-refractivity contribution in [2.75, 3.05) is 13.0 Å².